The maximum absolute atomic E-state index is 6.75. The van der Waals surface area contributed by atoms with Gasteiger partial charge in [-0.05, 0) is 144 Å². The van der Waals surface area contributed by atoms with Crippen molar-refractivity contribution >= 4 is 55.5 Å². The molecule has 69 heavy (non-hydrogen) atoms. The first-order valence-electron chi connectivity index (χ1n) is 24.6. The third-order valence-electron chi connectivity index (χ3n) is 16.6. The lowest BCUT2D eigenvalue weighted by molar-refractivity contribution is 0.650. The molecule has 3 aliphatic carbocycles. The van der Waals surface area contributed by atoms with Crippen LogP contribution >= 0.6 is 0 Å². The summed E-state index contributed by atoms with van der Waals surface area (Å²) in [6.45, 7) is 16.6. The lowest BCUT2D eigenvalue weighted by Gasteiger charge is -2.24. The van der Waals surface area contributed by atoms with Crippen LogP contribution in [0.25, 0.3) is 100 Å². The summed E-state index contributed by atoms with van der Waals surface area (Å²) in [6.07, 6.45) is 3.26. The van der Waals surface area contributed by atoms with Gasteiger partial charge in [0.15, 0.2) is 0 Å². The molecule has 14 rings (SSSR count). The first kappa shape index (κ1) is 40.4. The van der Waals surface area contributed by atoms with Crippen LogP contribution in [0.1, 0.15) is 97.2 Å². The number of furan rings is 2. The summed E-state index contributed by atoms with van der Waals surface area (Å²) in [4.78, 5) is 0. The van der Waals surface area contributed by atoms with Crippen molar-refractivity contribution in [2.75, 3.05) is 0 Å². The Morgan fingerprint density at radius 2 is 1.06 bits per heavy atom. The van der Waals surface area contributed by atoms with Crippen LogP contribution in [0.5, 0.6) is 0 Å². The molecule has 0 unspecified atom stereocenters. The lowest BCUT2D eigenvalue weighted by atomic mass is 9.79. The van der Waals surface area contributed by atoms with Crippen molar-refractivity contribution < 1.29 is 8.83 Å². The Labute approximate surface area is 403 Å². The van der Waals surface area contributed by atoms with Crippen LogP contribution in [0, 0.1) is 6.92 Å². The van der Waals surface area contributed by atoms with Crippen molar-refractivity contribution in [3.63, 3.8) is 0 Å². The number of para-hydroxylation sites is 2. The van der Waals surface area contributed by atoms with Gasteiger partial charge in [-0.1, -0.05) is 187 Å². The van der Waals surface area contributed by atoms with Gasteiger partial charge in [0.05, 0.1) is 0 Å². The number of hydrogen-bond acceptors (Lipinski definition) is 2. The largest absolute Gasteiger partial charge is 0.456 e. The molecule has 11 aromatic rings. The van der Waals surface area contributed by atoms with Gasteiger partial charge in [0, 0.05) is 43.4 Å². The van der Waals surface area contributed by atoms with Crippen molar-refractivity contribution in [2.45, 2.75) is 71.1 Å². The summed E-state index contributed by atoms with van der Waals surface area (Å²) in [7, 11) is 0. The predicted molar refractivity (Wildman–Crippen MR) is 288 cm³/mol. The number of fused-ring (bicyclic) bond motifs is 17. The molecule has 3 aliphatic rings. The molecule has 2 heteroatoms. The SMILES string of the molecule is Cc1cccc(/C(=C\c2ccc3c(c2)C(C)(C)c2cc(-c4ccccc4)c4oc5ccccc5c4c2-3)Cc2ccc3c(c2)C(C)(C)c2cc4c(cc2-3)C(C)(C)c2ccc3oc5ccccc5c3c2-4)c1. The minimum Gasteiger partial charge on any atom is -0.456 e. The van der Waals surface area contributed by atoms with E-state index in [0.29, 0.717) is 0 Å². The summed E-state index contributed by atoms with van der Waals surface area (Å²) in [5.41, 5.74) is 28.2. The Hall–Kier alpha value is -7.68. The summed E-state index contributed by atoms with van der Waals surface area (Å²) in [5.74, 6) is 0. The zero-order valence-corrected chi connectivity index (χ0v) is 40.3. The molecular weight excluding hydrogens is 837 g/mol. The van der Waals surface area contributed by atoms with Crippen LogP contribution in [0.4, 0.5) is 0 Å². The molecule has 0 N–H and O–H groups in total. The van der Waals surface area contributed by atoms with E-state index in [1.54, 1.807) is 0 Å². The van der Waals surface area contributed by atoms with Gasteiger partial charge in [0.25, 0.3) is 0 Å². The number of allylic oxidation sites excluding steroid dienone is 1. The number of aryl methyl sites for hydroxylation is 1. The molecule has 0 amide bonds. The molecule has 0 aliphatic heterocycles. The van der Waals surface area contributed by atoms with Gasteiger partial charge in [-0.15, -0.1) is 0 Å². The van der Waals surface area contributed by atoms with E-state index in [9.17, 15) is 0 Å². The van der Waals surface area contributed by atoms with Crippen molar-refractivity contribution in [3.8, 4) is 44.5 Å². The second kappa shape index (κ2) is 14.0. The van der Waals surface area contributed by atoms with Crippen LogP contribution in [0.15, 0.2) is 179 Å². The first-order chi connectivity index (χ1) is 33.4. The fraction of sp³-hybridized carbons (Fsp3) is 0.164. The Balaban J connectivity index is 0.872. The molecule has 2 nitrogen and oxygen atoms in total. The Kier molecular flexibility index (Phi) is 8.17. The van der Waals surface area contributed by atoms with E-state index in [0.717, 1.165) is 34.3 Å². The van der Waals surface area contributed by atoms with Gasteiger partial charge in [-0.25, -0.2) is 0 Å². The van der Waals surface area contributed by atoms with Gasteiger partial charge in [-0.3, -0.25) is 0 Å². The number of rotatable bonds is 5. The molecule has 9 aromatic carbocycles. The quantitative estimate of drug-likeness (QED) is 0.161. The molecule has 0 saturated heterocycles. The molecule has 332 valence electrons. The summed E-state index contributed by atoms with van der Waals surface area (Å²) >= 11 is 0. The van der Waals surface area contributed by atoms with E-state index >= 15 is 0 Å². The van der Waals surface area contributed by atoms with E-state index < -0.39 is 0 Å². The smallest absolute Gasteiger partial charge is 0.143 e. The van der Waals surface area contributed by atoms with Crippen molar-refractivity contribution in [3.05, 3.63) is 225 Å². The van der Waals surface area contributed by atoms with Crippen LogP contribution in [0.3, 0.4) is 0 Å². The van der Waals surface area contributed by atoms with E-state index in [1.165, 1.54) is 122 Å². The minimum absolute atomic E-state index is 0.146. The molecule has 0 atom stereocenters. The standard InChI is InChI=1S/C67H52O2/c1-38-16-15-19-42(30-38)43(32-40-25-27-45-53(34-40)67(6,7)56-35-48(41-17-9-8-10-18-41)64-63(60(45)56)47-21-12-14-23-58(47)69-64)31-39-24-26-44-49-36-55-50(37-54(49)66(4,5)52(44)33-39)61-51(65(55,2)3)28-29-59-62(61)46-20-11-13-22-57(46)68-59/h8-30,32-37H,31H2,1-7H3/b43-32-. The summed E-state index contributed by atoms with van der Waals surface area (Å²) < 4.78 is 13.2. The molecule has 2 heterocycles. The molecular formula is C67H52O2. The van der Waals surface area contributed by atoms with Crippen molar-refractivity contribution in [1.29, 1.82) is 0 Å². The highest BCUT2D eigenvalue weighted by Crippen LogP contribution is 2.59. The van der Waals surface area contributed by atoms with Gasteiger partial charge in [0.2, 0.25) is 0 Å². The van der Waals surface area contributed by atoms with Crippen LogP contribution in [0.2, 0.25) is 0 Å². The normalized spacial score (nSPS) is 15.7. The average molecular weight is 889 g/mol. The maximum Gasteiger partial charge on any atom is 0.143 e. The van der Waals surface area contributed by atoms with Gasteiger partial charge >= 0.3 is 0 Å². The highest BCUT2D eigenvalue weighted by molar-refractivity contribution is 6.19. The van der Waals surface area contributed by atoms with E-state index in [4.69, 9.17) is 8.83 Å². The lowest BCUT2D eigenvalue weighted by Crippen LogP contribution is -2.17. The zero-order valence-electron chi connectivity index (χ0n) is 40.3. The second-order valence-electron chi connectivity index (χ2n) is 21.7. The molecule has 0 bridgehead atoms. The van der Waals surface area contributed by atoms with Crippen LogP contribution in [-0.2, 0) is 22.7 Å². The van der Waals surface area contributed by atoms with E-state index in [-0.39, 0.29) is 16.2 Å². The highest BCUT2D eigenvalue weighted by Gasteiger charge is 2.43. The Bertz CT molecular complexity index is 4070. The number of hydrogen-bond donors (Lipinski definition) is 0. The summed E-state index contributed by atoms with van der Waals surface area (Å²) in [5, 5.41) is 4.80. The monoisotopic (exact) mass is 888 g/mol. The van der Waals surface area contributed by atoms with Crippen LogP contribution < -0.4 is 0 Å². The molecule has 0 spiro atoms. The van der Waals surface area contributed by atoms with E-state index in [2.05, 4.69) is 224 Å². The predicted octanol–water partition coefficient (Wildman–Crippen LogP) is 18.2. The molecule has 0 fully saturated rings. The fourth-order valence-electron chi connectivity index (χ4n) is 13.0. The molecule has 0 saturated carbocycles. The van der Waals surface area contributed by atoms with Crippen molar-refractivity contribution in [2.24, 2.45) is 0 Å². The fourth-order valence-corrected chi connectivity index (χ4v) is 13.0. The maximum atomic E-state index is 6.75. The third-order valence-corrected chi connectivity index (χ3v) is 16.6. The number of benzene rings is 9. The van der Waals surface area contributed by atoms with Gasteiger partial charge in [-0.2, -0.15) is 0 Å². The average Bonchev–Trinajstić information content (AvgIpc) is 4.10. The van der Waals surface area contributed by atoms with Crippen LogP contribution in [-0.4, -0.2) is 0 Å². The van der Waals surface area contributed by atoms with Gasteiger partial charge < -0.3 is 8.83 Å². The van der Waals surface area contributed by atoms with Gasteiger partial charge in [0.1, 0.15) is 22.3 Å². The highest BCUT2D eigenvalue weighted by atomic mass is 16.3. The summed E-state index contributed by atoms with van der Waals surface area (Å²) in [6, 6.07) is 63.2. The third kappa shape index (κ3) is 5.61. The molecule has 2 aromatic heterocycles. The van der Waals surface area contributed by atoms with Crippen molar-refractivity contribution in [1.82, 2.24) is 0 Å². The van der Waals surface area contributed by atoms with E-state index in [1.807, 2.05) is 0 Å². The second-order valence-corrected chi connectivity index (χ2v) is 21.7. The Morgan fingerprint density at radius 1 is 0.435 bits per heavy atom. The first-order valence-corrected chi connectivity index (χ1v) is 24.6. The zero-order chi connectivity index (χ0) is 46.7. The Morgan fingerprint density at radius 3 is 1.86 bits per heavy atom. The topological polar surface area (TPSA) is 26.3 Å². The molecule has 0 radical (unpaired) electrons. The minimum atomic E-state index is -0.232.